The largest absolute Gasteiger partial charge is 0.311 e. The minimum atomic E-state index is 0.338. The van der Waals surface area contributed by atoms with E-state index in [1.54, 1.807) is 0 Å². The second-order valence-electron chi connectivity index (χ2n) is 5.31. The first-order chi connectivity index (χ1) is 8.53. The lowest BCUT2D eigenvalue weighted by Gasteiger charge is -2.47. The summed E-state index contributed by atoms with van der Waals surface area (Å²) in [6.07, 6.45) is 3.88. The van der Waals surface area contributed by atoms with Crippen molar-refractivity contribution >= 4 is 23.2 Å². The third-order valence-electron chi connectivity index (χ3n) is 4.01. The molecule has 1 aliphatic carbocycles. The maximum Gasteiger partial charge on any atom is 0.0451 e. The molecule has 18 heavy (non-hydrogen) atoms. The average Bonchev–Trinajstić information content (AvgIpc) is 2.26. The normalized spacial score (nSPS) is 17.8. The molecule has 2 nitrogen and oxygen atoms in total. The Labute approximate surface area is 119 Å². The standard InChI is InChI=1S/C14H20Cl2N2/c1-18(2)14(6-3-7-14)10-17-9-11-8-12(15)4-5-13(11)16/h4-5,8,17H,3,6-7,9-10H2,1-2H3. The number of halogens is 2. The lowest BCUT2D eigenvalue weighted by atomic mass is 9.75. The van der Waals surface area contributed by atoms with Crippen LogP contribution in [0.1, 0.15) is 24.8 Å². The summed E-state index contributed by atoms with van der Waals surface area (Å²) in [7, 11) is 4.32. The van der Waals surface area contributed by atoms with E-state index in [2.05, 4.69) is 24.3 Å². The van der Waals surface area contributed by atoms with Gasteiger partial charge in [-0.2, -0.15) is 0 Å². The summed E-state index contributed by atoms with van der Waals surface area (Å²) in [4.78, 5) is 2.34. The van der Waals surface area contributed by atoms with Crippen molar-refractivity contribution in [3.8, 4) is 0 Å². The third-order valence-corrected chi connectivity index (χ3v) is 4.61. The van der Waals surface area contributed by atoms with Crippen molar-refractivity contribution in [2.24, 2.45) is 0 Å². The number of hydrogen-bond donors (Lipinski definition) is 1. The second kappa shape index (κ2) is 5.79. The summed E-state index contributed by atoms with van der Waals surface area (Å²) in [6, 6.07) is 5.60. The topological polar surface area (TPSA) is 15.3 Å². The van der Waals surface area contributed by atoms with E-state index in [9.17, 15) is 0 Å². The minimum Gasteiger partial charge on any atom is -0.311 e. The smallest absolute Gasteiger partial charge is 0.0451 e. The zero-order valence-electron chi connectivity index (χ0n) is 11.0. The van der Waals surface area contributed by atoms with E-state index in [-0.39, 0.29) is 0 Å². The molecule has 1 saturated carbocycles. The SMILES string of the molecule is CN(C)C1(CNCc2cc(Cl)ccc2Cl)CCC1. The van der Waals surface area contributed by atoms with Crippen molar-refractivity contribution in [1.29, 1.82) is 0 Å². The van der Waals surface area contributed by atoms with Crippen LogP contribution in [0.5, 0.6) is 0 Å². The summed E-state index contributed by atoms with van der Waals surface area (Å²) in [5, 5.41) is 5.02. The Balaban J connectivity index is 1.90. The van der Waals surface area contributed by atoms with Crippen molar-refractivity contribution in [3.05, 3.63) is 33.8 Å². The zero-order valence-corrected chi connectivity index (χ0v) is 12.5. The molecule has 1 fully saturated rings. The fraction of sp³-hybridized carbons (Fsp3) is 0.571. The summed E-state index contributed by atoms with van der Waals surface area (Å²) >= 11 is 12.1. The molecule has 0 spiro atoms. The molecule has 0 atom stereocenters. The van der Waals surface area contributed by atoms with Gasteiger partial charge in [0.15, 0.2) is 0 Å². The third kappa shape index (κ3) is 3.00. The van der Waals surface area contributed by atoms with Gasteiger partial charge in [0.05, 0.1) is 0 Å². The molecule has 0 aromatic heterocycles. The maximum atomic E-state index is 6.15. The van der Waals surface area contributed by atoms with Crippen LogP contribution in [-0.4, -0.2) is 31.1 Å². The number of rotatable bonds is 5. The van der Waals surface area contributed by atoms with Gasteiger partial charge in [-0.25, -0.2) is 0 Å². The number of benzene rings is 1. The van der Waals surface area contributed by atoms with E-state index in [4.69, 9.17) is 23.2 Å². The molecule has 2 rings (SSSR count). The molecule has 0 heterocycles. The minimum absolute atomic E-state index is 0.338. The second-order valence-corrected chi connectivity index (χ2v) is 6.16. The van der Waals surface area contributed by atoms with Crippen LogP contribution in [0, 0.1) is 0 Å². The van der Waals surface area contributed by atoms with Crippen LogP contribution in [0.15, 0.2) is 18.2 Å². The van der Waals surface area contributed by atoms with Crippen LogP contribution >= 0.6 is 23.2 Å². The van der Waals surface area contributed by atoms with Gasteiger partial charge in [-0.05, 0) is 57.1 Å². The van der Waals surface area contributed by atoms with E-state index in [1.165, 1.54) is 19.3 Å². The highest BCUT2D eigenvalue weighted by atomic mass is 35.5. The highest BCUT2D eigenvalue weighted by Crippen LogP contribution is 2.35. The number of likely N-dealkylation sites (N-methyl/N-ethyl adjacent to an activating group) is 1. The van der Waals surface area contributed by atoms with Crippen molar-refractivity contribution in [2.75, 3.05) is 20.6 Å². The molecule has 1 aromatic rings. The van der Waals surface area contributed by atoms with Gasteiger partial charge in [0.2, 0.25) is 0 Å². The van der Waals surface area contributed by atoms with E-state index >= 15 is 0 Å². The zero-order chi connectivity index (χ0) is 13.2. The Hall–Kier alpha value is -0.280. The van der Waals surface area contributed by atoms with Crippen molar-refractivity contribution in [3.63, 3.8) is 0 Å². The van der Waals surface area contributed by atoms with Crippen LogP contribution in [0.3, 0.4) is 0 Å². The highest BCUT2D eigenvalue weighted by molar-refractivity contribution is 6.33. The molecule has 0 saturated heterocycles. The van der Waals surface area contributed by atoms with Gasteiger partial charge in [0.1, 0.15) is 0 Å². The van der Waals surface area contributed by atoms with Gasteiger partial charge in [-0.15, -0.1) is 0 Å². The molecule has 0 radical (unpaired) electrons. The Morgan fingerprint density at radius 1 is 1.28 bits per heavy atom. The molecule has 0 bridgehead atoms. The first-order valence-electron chi connectivity index (χ1n) is 6.36. The summed E-state index contributed by atoms with van der Waals surface area (Å²) in [6.45, 7) is 1.78. The molecule has 100 valence electrons. The molecular formula is C14H20Cl2N2. The predicted molar refractivity (Wildman–Crippen MR) is 78.4 cm³/mol. The summed E-state index contributed by atoms with van der Waals surface area (Å²) in [5.41, 5.74) is 1.41. The number of nitrogens with zero attached hydrogens (tertiary/aromatic N) is 1. The number of nitrogens with one attached hydrogen (secondary N) is 1. The van der Waals surface area contributed by atoms with Crippen LogP contribution in [0.4, 0.5) is 0 Å². The Kier molecular flexibility index (Phi) is 4.54. The first kappa shape index (κ1) is 14.1. The Morgan fingerprint density at radius 3 is 2.56 bits per heavy atom. The fourth-order valence-electron chi connectivity index (χ4n) is 2.48. The van der Waals surface area contributed by atoms with Crippen LogP contribution in [0.2, 0.25) is 10.0 Å². The predicted octanol–water partition coefficient (Wildman–Crippen LogP) is 3.57. The van der Waals surface area contributed by atoms with Crippen molar-refractivity contribution in [2.45, 2.75) is 31.3 Å². The van der Waals surface area contributed by atoms with Gasteiger partial charge in [0, 0.05) is 28.7 Å². The van der Waals surface area contributed by atoms with Gasteiger partial charge in [0.25, 0.3) is 0 Å². The van der Waals surface area contributed by atoms with E-state index in [1.807, 2.05) is 18.2 Å². The van der Waals surface area contributed by atoms with Crippen LogP contribution in [-0.2, 0) is 6.54 Å². The van der Waals surface area contributed by atoms with Gasteiger partial charge >= 0.3 is 0 Å². The number of hydrogen-bond acceptors (Lipinski definition) is 2. The van der Waals surface area contributed by atoms with E-state index in [0.717, 1.165) is 28.7 Å². The average molecular weight is 287 g/mol. The molecule has 1 aromatic carbocycles. The lowest BCUT2D eigenvalue weighted by Crippen LogP contribution is -2.56. The lowest BCUT2D eigenvalue weighted by molar-refractivity contribution is 0.0598. The summed E-state index contributed by atoms with van der Waals surface area (Å²) in [5.74, 6) is 0. The molecule has 4 heteroatoms. The molecule has 0 unspecified atom stereocenters. The molecule has 1 aliphatic rings. The van der Waals surface area contributed by atoms with Gasteiger partial charge in [-0.1, -0.05) is 23.2 Å². The first-order valence-corrected chi connectivity index (χ1v) is 7.11. The summed E-state index contributed by atoms with van der Waals surface area (Å²) < 4.78 is 0. The van der Waals surface area contributed by atoms with Gasteiger partial charge in [-0.3, -0.25) is 0 Å². The van der Waals surface area contributed by atoms with E-state index in [0.29, 0.717) is 5.54 Å². The maximum absolute atomic E-state index is 6.15. The van der Waals surface area contributed by atoms with Crippen LogP contribution < -0.4 is 5.32 Å². The van der Waals surface area contributed by atoms with Crippen molar-refractivity contribution in [1.82, 2.24) is 10.2 Å². The Morgan fingerprint density at radius 2 is 2.00 bits per heavy atom. The molecule has 0 aliphatic heterocycles. The molecule has 0 amide bonds. The Bertz CT molecular complexity index is 414. The molecular weight excluding hydrogens is 267 g/mol. The van der Waals surface area contributed by atoms with Crippen molar-refractivity contribution < 1.29 is 0 Å². The monoisotopic (exact) mass is 286 g/mol. The fourth-order valence-corrected chi connectivity index (χ4v) is 2.85. The van der Waals surface area contributed by atoms with Gasteiger partial charge < -0.3 is 10.2 Å². The highest BCUT2D eigenvalue weighted by Gasteiger charge is 2.38. The van der Waals surface area contributed by atoms with Crippen LogP contribution in [0.25, 0.3) is 0 Å². The quantitative estimate of drug-likeness (QED) is 0.890. The molecule has 1 N–H and O–H groups in total. The van der Waals surface area contributed by atoms with E-state index < -0.39 is 0 Å².